The van der Waals surface area contributed by atoms with Crippen LogP contribution in [-0.2, 0) is 9.53 Å². The highest BCUT2D eigenvalue weighted by Crippen LogP contribution is 2.50. The van der Waals surface area contributed by atoms with E-state index in [2.05, 4.69) is 11.8 Å². The van der Waals surface area contributed by atoms with Gasteiger partial charge in [0.1, 0.15) is 12.1 Å². The van der Waals surface area contributed by atoms with Gasteiger partial charge in [-0.3, -0.25) is 9.69 Å². The van der Waals surface area contributed by atoms with Crippen LogP contribution in [0.15, 0.2) is 0 Å². The first-order valence-electron chi connectivity index (χ1n) is 10.7. The molecule has 0 radical (unpaired) electrons. The highest BCUT2D eigenvalue weighted by molar-refractivity contribution is 5.75. The van der Waals surface area contributed by atoms with Gasteiger partial charge in [0.2, 0.25) is 0 Å². The van der Waals surface area contributed by atoms with E-state index in [0.29, 0.717) is 12.1 Å². The molecule has 5 atom stereocenters. The first-order chi connectivity index (χ1) is 11.8. The fraction of sp³-hybridized carbons (Fsp3) is 0.952. The number of esters is 1. The molecular weight excluding hydrogens is 298 g/mol. The monoisotopic (exact) mass is 333 g/mol. The Bertz CT molecular complexity index is 423. The zero-order chi connectivity index (χ0) is 16.5. The Balaban J connectivity index is 1.46. The lowest BCUT2D eigenvalue weighted by Gasteiger charge is -2.38. The van der Waals surface area contributed by atoms with Crippen molar-refractivity contribution in [3.63, 3.8) is 0 Å². The third-order valence-corrected chi connectivity index (χ3v) is 7.50. The van der Waals surface area contributed by atoms with E-state index in [9.17, 15) is 4.79 Å². The van der Waals surface area contributed by atoms with Gasteiger partial charge in [-0.05, 0) is 70.1 Å². The number of carbonyl (C=O) groups excluding carboxylic acids is 1. The molecule has 3 heteroatoms. The van der Waals surface area contributed by atoms with Crippen LogP contribution in [0.4, 0.5) is 0 Å². The van der Waals surface area contributed by atoms with Crippen LogP contribution in [0.1, 0.15) is 90.4 Å². The van der Waals surface area contributed by atoms with Crippen LogP contribution in [0.5, 0.6) is 0 Å². The molecule has 0 bridgehead atoms. The van der Waals surface area contributed by atoms with E-state index in [1.807, 2.05) is 0 Å². The Kier molecular flexibility index (Phi) is 5.17. The molecule has 4 rings (SSSR count). The fourth-order valence-electron chi connectivity index (χ4n) is 6.41. The maximum atomic E-state index is 12.9. The van der Waals surface area contributed by atoms with E-state index in [0.717, 1.165) is 24.7 Å². The van der Waals surface area contributed by atoms with E-state index in [1.165, 1.54) is 70.6 Å². The Morgan fingerprint density at radius 3 is 1.88 bits per heavy atom. The lowest BCUT2D eigenvalue weighted by atomic mass is 9.73. The quantitative estimate of drug-likeness (QED) is 0.702. The second kappa shape index (κ2) is 7.35. The topological polar surface area (TPSA) is 29.5 Å². The lowest BCUT2D eigenvalue weighted by molar-refractivity contribution is -0.158. The summed E-state index contributed by atoms with van der Waals surface area (Å²) in [6.07, 6.45) is 17.0. The summed E-state index contributed by atoms with van der Waals surface area (Å²) >= 11 is 0. The molecule has 136 valence electrons. The van der Waals surface area contributed by atoms with Crippen molar-refractivity contribution in [2.24, 2.45) is 11.8 Å². The Morgan fingerprint density at radius 1 is 0.792 bits per heavy atom. The van der Waals surface area contributed by atoms with Crippen molar-refractivity contribution in [3.05, 3.63) is 0 Å². The smallest absolute Gasteiger partial charge is 0.323 e. The summed E-state index contributed by atoms with van der Waals surface area (Å²) in [5, 5.41) is 0. The van der Waals surface area contributed by atoms with Gasteiger partial charge in [0.15, 0.2) is 0 Å². The summed E-state index contributed by atoms with van der Waals surface area (Å²) in [6.45, 7) is 2.13. The van der Waals surface area contributed by atoms with Crippen LogP contribution in [0, 0.1) is 11.8 Å². The summed E-state index contributed by atoms with van der Waals surface area (Å²) in [4.78, 5) is 15.5. The van der Waals surface area contributed by atoms with Crippen molar-refractivity contribution < 1.29 is 9.53 Å². The first kappa shape index (κ1) is 16.9. The van der Waals surface area contributed by atoms with Gasteiger partial charge in [-0.2, -0.15) is 0 Å². The van der Waals surface area contributed by atoms with Crippen molar-refractivity contribution in [1.29, 1.82) is 0 Å². The maximum Gasteiger partial charge on any atom is 0.323 e. The highest BCUT2D eigenvalue weighted by Gasteiger charge is 2.52. The van der Waals surface area contributed by atoms with Gasteiger partial charge in [0, 0.05) is 12.1 Å². The Morgan fingerprint density at radius 2 is 1.29 bits per heavy atom. The van der Waals surface area contributed by atoms with Crippen molar-refractivity contribution in [3.8, 4) is 0 Å². The minimum Gasteiger partial charge on any atom is -0.461 e. The van der Waals surface area contributed by atoms with E-state index in [-0.39, 0.29) is 18.1 Å². The first-order valence-corrected chi connectivity index (χ1v) is 10.7. The molecule has 24 heavy (non-hydrogen) atoms. The molecule has 0 N–H and O–H groups in total. The van der Waals surface area contributed by atoms with Gasteiger partial charge in [-0.15, -0.1) is 0 Å². The molecule has 0 aromatic carbocycles. The number of carbonyl (C=O) groups is 1. The lowest BCUT2D eigenvalue weighted by Crippen LogP contribution is -2.50. The van der Waals surface area contributed by atoms with Crippen LogP contribution in [0.2, 0.25) is 0 Å². The Hall–Kier alpha value is -0.570. The summed E-state index contributed by atoms with van der Waals surface area (Å²) in [5.74, 6) is 1.78. The number of ether oxygens (including phenoxy) is 1. The van der Waals surface area contributed by atoms with Crippen LogP contribution >= 0.6 is 0 Å². The molecule has 0 aromatic heterocycles. The van der Waals surface area contributed by atoms with E-state index in [1.54, 1.807) is 0 Å². The summed E-state index contributed by atoms with van der Waals surface area (Å²) in [5.41, 5.74) is 0. The number of fused-ring (bicyclic) bond motifs is 3. The van der Waals surface area contributed by atoms with E-state index in [4.69, 9.17) is 4.74 Å². The molecule has 1 saturated heterocycles. The van der Waals surface area contributed by atoms with Crippen molar-refractivity contribution in [2.75, 3.05) is 0 Å². The average molecular weight is 334 g/mol. The minimum absolute atomic E-state index is 0.0365. The molecule has 3 saturated carbocycles. The molecule has 4 aliphatic rings. The number of likely N-dealkylation sites (tertiary alicyclic amines) is 1. The number of hydrogen-bond acceptors (Lipinski definition) is 3. The molecular formula is C21H35NO2. The summed E-state index contributed by atoms with van der Waals surface area (Å²) in [6, 6.07) is 1.27. The molecule has 0 spiro atoms. The predicted octanol–water partition coefficient (Wildman–Crippen LogP) is 4.68. The second-order valence-electron chi connectivity index (χ2n) is 8.85. The van der Waals surface area contributed by atoms with Crippen LogP contribution in [0.25, 0.3) is 0 Å². The average Bonchev–Trinajstić information content (AvgIpc) is 2.96. The van der Waals surface area contributed by atoms with Crippen molar-refractivity contribution in [2.45, 2.75) is 115 Å². The second-order valence-corrected chi connectivity index (χ2v) is 8.85. The zero-order valence-electron chi connectivity index (χ0n) is 15.4. The number of hydrogen-bond donors (Lipinski definition) is 0. The van der Waals surface area contributed by atoms with Gasteiger partial charge >= 0.3 is 5.97 Å². The molecule has 0 aromatic rings. The van der Waals surface area contributed by atoms with Crippen LogP contribution in [0.3, 0.4) is 0 Å². The van der Waals surface area contributed by atoms with Gasteiger partial charge in [-0.1, -0.05) is 32.1 Å². The SMILES string of the molecule is CC(C(=O)OC1CCCCC1)N1C2CCCCC2C2CCCCC21. The largest absolute Gasteiger partial charge is 0.461 e. The van der Waals surface area contributed by atoms with Crippen molar-refractivity contribution >= 4 is 5.97 Å². The van der Waals surface area contributed by atoms with Gasteiger partial charge in [-0.25, -0.2) is 0 Å². The van der Waals surface area contributed by atoms with Gasteiger partial charge < -0.3 is 4.74 Å². The van der Waals surface area contributed by atoms with E-state index < -0.39 is 0 Å². The summed E-state index contributed by atoms with van der Waals surface area (Å²) in [7, 11) is 0. The third kappa shape index (κ3) is 3.13. The molecule has 1 aliphatic heterocycles. The molecule has 3 aliphatic carbocycles. The highest BCUT2D eigenvalue weighted by atomic mass is 16.5. The van der Waals surface area contributed by atoms with Gasteiger partial charge in [0.05, 0.1) is 0 Å². The van der Waals surface area contributed by atoms with Crippen LogP contribution < -0.4 is 0 Å². The van der Waals surface area contributed by atoms with Crippen molar-refractivity contribution in [1.82, 2.24) is 4.90 Å². The standard InChI is InChI=1S/C21H35NO2/c1-15(21(23)24-16-9-3-2-4-10-16)22-19-13-7-5-11-17(19)18-12-6-8-14-20(18)22/h15-20H,2-14H2,1H3. The third-order valence-electron chi connectivity index (χ3n) is 7.50. The number of nitrogens with zero attached hydrogens (tertiary/aromatic N) is 1. The predicted molar refractivity (Wildman–Crippen MR) is 95.8 cm³/mol. The Labute approximate surface area is 147 Å². The number of rotatable bonds is 3. The maximum absolute atomic E-state index is 12.9. The zero-order valence-corrected chi connectivity index (χ0v) is 15.4. The molecule has 0 amide bonds. The molecule has 1 heterocycles. The molecule has 4 fully saturated rings. The fourth-order valence-corrected chi connectivity index (χ4v) is 6.41. The van der Waals surface area contributed by atoms with Crippen LogP contribution in [-0.4, -0.2) is 35.1 Å². The molecule has 5 unspecified atom stereocenters. The molecule has 3 nitrogen and oxygen atoms in total. The summed E-state index contributed by atoms with van der Waals surface area (Å²) < 4.78 is 5.94. The minimum atomic E-state index is -0.0365. The van der Waals surface area contributed by atoms with E-state index >= 15 is 0 Å². The normalized spacial score (nSPS) is 39.0. The van der Waals surface area contributed by atoms with Gasteiger partial charge in [0.25, 0.3) is 0 Å².